The number of aliphatic hydroxyl groups excluding tert-OH is 1. The number of nitrogens with zero attached hydrogens (tertiary/aromatic N) is 3. The first-order chi connectivity index (χ1) is 5.58. The maximum atomic E-state index is 8.93. The van der Waals surface area contributed by atoms with Gasteiger partial charge in [-0.05, 0) is 6.92 Å². The standard InChI is InChI=1S/C5H8N4OS2/c1-2(10)6-3-7-4(11)9-5(12)8-3/h2,10H,1H3,(H3,6,7,8,9,11,12). The van der Waals surface area contributed by atoms with Gasteiger partial charge < -0.3 is 10.4 Å². The van der Waals surface area contributed by atoms with Crippen molar-refractivity contribution in [3.8, 4) is 0 Å². The highest BCUT2D eigenvalue weighted by Gasteiger charge is 2.02. The van der Waals surface area contributed by atoms with E-state index in [0.29, 0.717) is 0 Å². The Morgan fingerprint density at radius 3 is 2.17 bits per heavy atom. The topological polar surface area (TPSA) is 70.9 Å². The van der Waals surface area contributed by atoms with Gasteiger partial charge in [-0.25, -0.2) is 0 Å². The highest BCUT2D eigenvalue weighted by molar-refractivity contribution is 7.80. The van der Waals surface area contributed by atoms with E-state index in [1.807, 2.05) is 0 Å². The van der Waals surface area contributed by atoms with Gasteiger partial charge >= 0.3 is 0 Å². The van der Waals surface area contributed by atoms with E-state index >= 15 is 0 Å². The Balaban J connectivity index is 2.85. The minimum atomic E-state index is -0.715. The van der Waals surface area contributed by atoms with Gasteiger partial charge in [-0.3, -0.25) is 0 Å². The molecule has 0 bridgehead atoms. The first-order valence-electron chi connectivity index (χ1n) is 3.16. The highest BCUT2D eigenvalue weighted by atomic mass is 32.1. The second kappa shape index (κ2) is 3.92. The number of hydrogen-bond acceptors (Lipinski definition) is 7. The van der Waals surface area contributed by atoms with Crippen molar-refractivity contribution in [2.24, 2.45) is 0 Å². The van der Waals surface area contributed by atoms with Crippen LogP contribution in [0.3, 0.4) is 0 Å². The monoisotopic (exact) mass is 204 g/mol. The molecule has 0 fully saturated rings. The molecule has 12 heavy (non-hydrogen) atoms. The Morgan fingerprint density at radius 2 is 1.75 bits per heavy atom. The Morgan fingerprint density at radius 1 is 1.25 bits per heavy atom. The van der Waals surface area contributed by atoms with Crippen LogP contribution in [0.1, 0.15) is 6.92 Å². The Labute approximate surface area is 80.5 Å². The van der Waals surface area contributed by atoms with E-state index < -0.39 is 6.23 Å². The summed E-state index contributed by atoms with van der Waals surface area (Å²) in [6, 6.07) is 0. The van der Waals surface area contributed by atoms with Crippen LogP contribution in [0.2, 0.25) is 0 Å². The van der Waals surface area contributed by atoms with Gasteiger partial charge in [-0.2, -0.15) is 15.0 Å². The van der Waals surface area contributed by atoms with Crippen LogP contribution in [0.5, 0.6) is 0 Å². The van der Waals surface area contributed by atoms with Crippen LogP contribution < -0.4 is 5.32 Å². The molecule has 0 amide bonds. The number of rotatable bonds is 2. The zero-order valence-corrected chi connectivity index (χ0v) is 8.05. The quantitative estimate of drug-likeness (QED) is 0.409. The summed E-state index contributed by atoms with van der Waals surface area (Å²) in [6.07, 6.45) is -0.715. The van der Waals surface area contributed by atoms with E-state index in [0.717, 1.165) is 0 Å². The van der Waals surface area contributed by atoms with Gasteiger partial charge in [0.25, 0.3) is 0 Å². The van der Waals surface area contributed by atoms with Crippen molar-refractivity contribution < 1.29 is 5.11 Å². The summed E-state index contributed by atoms with van der Waals surface area (Å²) in [5, 5.41) is 12.0. The summed E-state index contributed by atoms with van der Waals surface area (Å²) in [6.45, 7) is 1.56. The molecular formula is C5H8N4OS2. The summed E-state index contributed by atoms with van der Waals surface area (Å²) in [4.78, 5) is 11.3. The molecule has 66 valence electrons. The summed E-state index contributed by atoms with van der Waals surface area (Å²) >= 11 is 7.83. The summed E-state index contributed by atoms with van der Waals surface area (Å²) in [5.74, 6) is 0.259. The van der Waals surface area contributed by atoms with Crippen molar-refractivity contribution >= 4 is 31.2 Å². The molecule has 0 aliphatic carbocycles. The number of thiol groups is 2. The minimum absolute atomic E-state index is 0.259. The fourth-order valence-corrected chi connectivity index (χ4v) is 1.06. The summed E-state index contributed by atoms with van der Waals surface area (Å²) in [7, 11) is 0. The molecule has 1 aromatic heterocycles. The van der Waals surface area contributed by atoms with Gasteiger partial charge in [0, 0.05) is 0 Å². The fraction of sp³-hybridized carbons (Fsp3) is 0.400. The zero-order chi connectivity index (χ0) is 9.14. The molecule has 1 unspecified atom stereocenters. The van der Waals surface area contributed by atoms with E-state index in [1.54, 1.807) is 6.92 Å². The second-order valence-corrected chi connectivity index (χ2v) is 2.88. The molecule has 0 spiro atoms. The van der Waals surface area contributed by atoms with E-state index in [-0.39, 0.29) is 16.3 Å². The maximum absolute atomic E-state index is 8.93. The normalized spacial score (nSPS) is 12.7. The molecule has 1 aromatic rings. The number of nitrogens with one attached hydrogen (secondary N) is 1. The molecule has 0 aliphatic heterocycles. The van der Waals surface area contributed by atoms with Crippen LogP contribution in [-0.4, -0.2) is 26.3 Å². The van der Waals surface area contributed by atoms with Crippen molar-refractivity contribution in [3.05, 3.63) is 0 Å². The van der Waals surface area contributed by atoms with Gasteiger partial charge in [0.2, 0.25) is 5.95 Å². The van der Waals surface area contributed by atoms with E-state index in [2.05, 4.69) is 45.5 Å². The van der Waals surface area contributed by atoms with Crippen molar-refractivity contribution in [2.75, 3.05) is 5.32 Å². The van der Waals surface area contributed by atoms with Crippen molar-refractivity contribution in [3.63, 3.8) is 0 Å². The summed E-state index contributed by atoms with van der Waals surface area (Å²) < 4.78 is 0. The number of hydrogen-bond donors (Lipinski definition) is 4. The molecule has 5 nitrogen and oxygen atoms in total. The average molecular weight is 204 g/mol. The molecule has 0 radical (unpaired) electrons. The molecule has 1 rings (SSSR count). The third-order valence-corrected chi connectivity index (χ3v) is 1.35. The Kier molecular flexibility index (Phi) is 3.12. The predicted octanol–water partition coefficient (Wildman–Crippen LogP) is 0.199. The molecule has 1 heterocycles. The minimum Gasteiger partial charge on any atom is -0.374 e. The third kappa shape index (κ3) is 2.84. The van der Waals surface area contributed by atoms with Crippen LogP contribution in [0.15, 0.2) is 10.3 Å². The van der Waals surface area contributed by atoms with Gasteiger partial charge in [-0.1, -0.05) is 0 Å². The first-order valence-corrected chi connectivity index (χ1v) is 4.06. The number of anilines is 1. The zero-order valence-electron chi connectivity index (χ0n) is 6.26. The van der Waals surface area contributed by atoms with Crippen molar-refractivity contribution in [2.45, 2.75) is 23.5 Å². The Bertz CT molecular complexity index is 260. The largest absolute Gasteiger partial charge is 0.374 e. The molecule has 7 heteroatoms. The van der Waals surface area contributed by atoms with E-state index in [1.165, 1.54) is 0 Å². The number of aliphatic hydroxyl groups is 1. The molecule has 0 aliphatic rings. The van der Waals surface area contributed by atoms with Crippen LogP contribution in [0, 0.1) is 0 Å². The molecule has 0 aromatic carbocycles. The molecule has 2 N–H and O–H groups in total. The summed E-state index contributed by atoms with van der Waals surface area (Å²) in [5.41, 5.74) is 0. The molecule has 1 atom stereocenters. The van der Waals surface area contributed by atoms with Crippen LogP contribution in [0.4, 0.5) is 5.95 Å². The van der Waals surface area contributed by atoms with Crippen molar-refractivity contribution in [1.82, 2.24) is 15.0 Å². The van der Waals surface area contributed by atoms with E-state index in [9.17, 15) is 0 Å². The van der Waals surface area contributed by atoms with Crippen LogP contribution >= 0.6 is 25.3 Å². The van der Waals surface area contributed by atoms with E-state index in [4.69, 9.17) is 5.11 Å². The van der Waals surface area contributed by atoms with Gasteiger partial charge in [-0.15, -0.1) is 25.3 Å². The smallest absolute Gasteiger partial charge is 0.229 e. The van der Waals surface area contributed by atoms with Gasteiger partial charge in [0.15, 0.2) is 10.3 Å². The predicted molar refractivity (Wildman–Crippen MR) is 49.6 cm³/mol. The lowest BCUT2D eigenvalue weighted by Gasteiger charge is -2.06. The highest BCUT2D eigenvalue weighted by Crippen LogP contribution is 2.07. The maximum Gasteiger partial charge on any atom is 0.229 e. The van der Waals surface area contributed by atoms with Gasteiger partial charge in [0.05, 0.1) is 0 Å². The average Bonchev–Trinajstić information content (AvgIpc) is 1.81. The van der Waals surface area contributed by atoms with Gasteiger partial charge in [0.1, 0.15) is 6.23 Å². The van der Waals surface area contributed by atoms with Crippen LogP contribution in [-0.2, 0) is 0 Å². The van der Waals surface area contributed by atoms with Crippen molar-refractivity contribution in [1.29, 1.82) is 0 Å². The van der Waals surface area contributed by atoms with Crippen LogP contribution in [0.25, 0.3) is 0 Å². The first kappa shape index (κ1) is 9.56. The lowest BCUT2D eigenvalue weighted by atomic mass is 10.6. The lowest BCUT2D eigenvalue weighted by molar-refractivity contribution is 0.223. The SMILES string of the molecule is CC(O)Nc1nc(S)nc(S)n1. The molecular weight excluding hydrogens is 196 g/mol. The molecule has 0 saturated heterocycles. The third-order valence-electron chi connectivity index (χ3n) is 0.950. The lowest BCUT2D eigenvalue weighted by Crippen LogP contribution is -2.16. The molecule has 0 saturated carbocycles. The number of aromatic nitrogens is 3. The second-order valence-electron chi connectivity index (χ2n) is 2.08. The fourth-order valence-electron chi connectivity index (χ4n) is 0.605. The Hall–Kier alpha value is -0.530.